The van der Waals surface area contributed by atoms with Gasteiger partial charge in [-0.15, -0.1) is 0 Å². The number of hydrogen-bond acceptors (Lipinski definition) is 6. The predicted molar refractivity (Wildman–Crippen MR) is 85.2 cm³/mol. The second kappa shape index (κ2) is 5.49. The largest absolute Gasteiger partial charge is 0.423 e. The van der Waals surface area contributed by atoms with E-state index >= 15 is 0 Å². The number of benzene rings is 1. The Morgan fingerprint density at radius 2 is 1.78 bits per heavy atom. The van der Waals surface area contributed by atoms with Crippen molar-refractivity contribution in [3.05, 3.63) is 42.1 Å². The smallest absolute Gasteiger partial charge is 0.298 e. The van der Waals surface area contributed by atoms with Gasteiger partial charge < -0.3 is 14.2 Å². The molecule has 1 aliphatic heterocycles. The summed E-state index contributed by atoms with van der Waals surface area (Å²) >= 11 is 0. The Hall–Kier alpha value is -2.70. The Kier molecular flexibility index (Phi) is 3.33. The van der Waals surface area contributed by atoms with E-state index in [-0.39, 0.29) is 11.3 Å². The lowest BCUT2D eigenvalue weighted by Gasteiger charge is -2.34. The van der Waals surface area contributed by atoms with Crippen molar-refractivity contribution < 1.29 is 8.81 Å². The van der Waals surface area contributed by atoms with E-state index in [0.717, 1.165) is 37.7 Å². The van der Waals surface area contributed by atoms with Crippen LogP contribution in [0.2, 0.25) is 0 Å². The number of rotatable bonds is 2. The summed E-state index contributed by atoms with van der Waals surface area (Å²) in [5.74, 6) is 0.557. The van der Waals surface area contributed by atoms with Crippen molar-refractivity contribution in [1.82, 2.24) is 15.0 Å². The minimum absolute atomic E-state index is 0.287. The number of nitrogens with zero attached hydrogens (tertiary/aromatic N) is 5. The molecule has 0 amide bonds. The number of oxazole rings is 1. The fourth-order valence-electron chi connectivity index (χ4n) is 2.86. The Labute approximate surface area is 132 Å². The number of fused-ring (bicyclic) bond motifs is 1. The molecule has 0 saturated carbocycles. The van der Waals surface area contributed by atoms with Gasteiger partial charge in [0.05, 0.1) is 5.69 Å². The average Bonchev–Trinajstić information content (AvgIpc) is 3.01. The van der Waals surface area contributed by atoms with Crippen LogP contribution in [-0.2, 0) is 0 Å². The van der Waals surface area contributed by atoms with Crippen molar-refractivity contribution in [3.8, 4) is 0 Å². The first kappa shape index (κ1) is 13.9. The number of para-hydroxylation sites is 1. The third kappa shape index (κ3) is 2.48. The van der Waals surface area contributed by atoms with Crippen LogP contribution < -0.4 is 9.80 Å². The molecule has 0 bridgehead atoms. The second-order valence-electron chi connectivity index (χ2n) is 5.52. The zero-order valence-corrected chi connectivity index (χ0v) is 12.7. The second-order valence-corrected chi connectivity index (χ2v) is 5.52. The fraction of sp³-hybridized carbons (Fsp3) is 0.312. The summed E-state index contributed by atoms with van der Waals surface area (Å²) < 4.78 is 19.4. The van der Waals surface area contributed by atoms with E-state index in [4.69, 9.17) is 4.42 Å². The molecule has 2 aromatic heterocycles. The highest BCUT2D eigenvalue weighted by Gasteiger charge is 2.23. The van der Waals surface area contributed by atoms with Crippen LogP contribution in [0.5, 0.6) is 0 Å². The van der Waals surface area contributed by atoms with Crippen LogP contribution in [0.4, 0.5) is 16.2 Å². The van der Waals surface area contributed by atoms with E-state index in [1.165, 1.54) is 6.07 Å². The molecule has 0 atom stereocenters. The molecular formula is C16H16FN5O. The zero-order valence-electron chi connectivity index (χ0n) is 12.7. The lowest BCUT2D eigenvalue weighted by Crippen LogP contribution is -2.47. The molecule has 1 fully saturated rings. The van der Waals surface area contributed by atoms with Gasteiger partial charge in [0.25, 0.3) is 6.01 Å². The van der Waals surface area contributed by atoms with E-state index in [0.29, 0.717) is 11.6 Å². The maximum Gasteiger partial charge on any atom is 0.298 e. The topological polar surface area (TPSA) is 58.3 Å². The van der Waals surface area contributed by atoms with E-state index < -0.39 is 0 Å². The van der Waals surface area contributed by atoms with Crippen LogP contribution in [0.3, 0.4) is 0 Å². The van der Waals surface area contributed by atoms with Gasteiger partial charge in [0, 0.05) is 38.6 Å². The Bertz CT molecular complexity index is 841. The van der Waals surface area contributed by atoms with Gasteiger partial charge in [0.2, 0.25) is 0 Å². The van der Waals surface area contributed by atoms with Crippen LogP contribution in [0, 0.1) is 12.7 Å². The summed E-state index contributed by atoms with van der Waals surface area (Å²) in [6.45, 7) is 5.02. The molecule has 0 radical (unpaired) electrons. The normalized spacial score (nSPS) is 15.4. The molecule has 7 heteroatoms. The standard InChI is InChI=1S/C16H16FN5O/c1-11-15(19-6-5-18-11)21-7-9-22(10-8-21)16-20-14-12(17)3-2-4-13(14)23-16/h2-6H,7-10H2,1H3. The Balaban J connectivity index is 1.53. The quantitative estimate of drug-likeness (QED) is 0.724. The monoisotopic (exact) mass is 313 g/mol. The van der Waals surface area contributed by atoms with E-state index in [2.05, 4.69) is 19.9 Å². The molecule has 0 unspecified atom stereocenters. The molecule has 0 spiro atoms. The minimum atomic E-state index is -0.355. The maximum absolute atomic E-state index is 13.7. The summed E-state index contributed by atoms with van der Waals surface area (Å²) in [4.78, 5) is 17.2. The summed E-state index contributed by atoms with van der Waals surface area (Å²) in [6.07, 6.45) is 3.40. The van der Waals surface area contributed by atoms with Crippen LogP contribution in [-0.4, -0.2) is 41.1 Å². The minimum Gasteiger partial charge on any atom is -0.423 e. The van der Waals surface area contributed by atoms with Crippen LogP contribution in [0.15, 0.2) is 35.0 Å². The molecule has 3 heterocycles. The molecule has 1 saturated heterocycles. The third-order valence-electron chi connectivity index (χ3n) is 4.06. The van der Waals surface area contributed by atoms with Gasteiger partial charge in [-0.25, -0.2) is 9.37 Å². The number of hydrogen-bond donors (Lipinski definition) is 0. The first-order chi connectivity index (χ1) is 11.2. The molecular weight excluding hydrogens is 297 g/mol. The molecule has 4 rings (SSSR count). The van der Waals surface area contributed by atoms with Crippen molar-refractivity contribution in [1.29, 1.82) is 0 Å². The van der Waals surface area contributed by atoms with Gasteiger partial charge in [0.1, 0.15) is 11.3 Å². The molecule has 1 aromatic carbocycles. The summed E-state index contributed by atoms with van der Waals surface area (Å²) in [5, 5.41) is 0. The van der Waals surface area contributed by atoms with Crippen LogP contribution in [0.1, 0.15) is 5.69 Å². The number of piperazine rings is 1. The highest BCUT2D eigenvalue weighted by molar-refractivity contribution is 5.75. The van der Waals surface area contributed by atoms with Crippen molar-refractivity contribution in [2.24, 2.45) is 0 Å². The molecule has 6 nitrogen and oxygen atoms in total. The van der Waals surface area contributed by atoms with Gasteiger partial charge in [-0.1, -0.05) is 6.07 Å². The van der Waals surface area contributed by atoms with Crippen LogP contribution in [0.25, 0.3) is 11.1 Å². The predicted octanol–water partition coefficient (Wildman–Crippen LogP) is 2.39. The number of halogens is 1. The van der Waals surface area contributed by atoms with Gasteiger partial charge >= 0.3 is 0 Å². The van der Waals surface area contributed by atoms with Gasteiger partial charge in [-0.05, 0) is 19.1 Å². The fourth-order valence-corrected chi connectivity index (χ4v) is 2.86. The van der Waals surface area contributed by atoms with Crippen molar-refractivity contribution >= 4 is 22.9 Å². The van der Waals surface area contributed by atoms with Crippen molar-refractivity contribution in [2.75, 3.05) is 36.0 Å². The number of aryl methyl sites for hydroxylation is 1. The molecule has 1 aliphatic rings. The Morgan fingerprint density at radius 3 is 2.52 bits per heavy atom. The van der Waals surface area contributed by atoms with Gasteiger partial charge in [-0.3, -0.25) is 4.98 Å². The first-order valence-corrected chi connectivity index (χ1v) is 7.55. The Morgan fingerprint density at radius 1 is 1.04 bits per heavy atom. The van der Waals surface area contributed by atoms with E-state index in [1.807, 2.05) is 11.8 Å². The van der Waals surface area contributed by atoms with E-state index in [9.17, 15) is 4.39 Å². The van der Waals surface area contributed by atoms with E-state index in [1.54, 1.807) is 24.5 Å². The van der Waals surface area contributed by atoms with Crippen molar-refractivity contribution in [3.63, 3.8) is 0 Å². The average molecular weight is 313 g/mol. The number of anilines is 2. The third-order valence-corrected chi connectivity index (χ3v) is 4.06. The lowest BCUT2D eigenvalue weighted by atomic mass is 10.3. The summed E-state index contributed by atoms with van der Waals surface area (Å²) in [6, 6.07) is 5.22. The van der Waals surface area contributed by atoms with Gasteiger partial charge in [-0.2, -0.15) is 4.98 Å². The molecule has 3 aromatic rings. The molecule has 0 aliphatic carbocycles. The van der Waals surface area contributed by atoms with Crippen molar-refractivity contribution in [2.45, 2.75) is 6.92 Å². The summed E-state index contributed by atoms with van der Waals surface area (Å²) in [7, 11) is 0. The zero-order chi connectivity index (χ0) is 15.8. The summed E-state index contributed by atoms with van der Waals surface area (Å²) in [5.41, 5.74) is 1.69. The highest BCUT2D eigenvalue weighted by Crippen LogP contribution is 2.25. The first-order valence-electron chi connectivity index (χ1n) is 7.55. The molecule has 118 valence electrons. The van der Waals surface area contributed by atoms with Gasteiger partial charge in [0.15, 0.2) is 11.4 Å². The SMILES string of the molecule is Cc1nccnc1N1CCN(c2nc3c(F)cccc3o2)CC1. The molecule has 23 heavy (non-hydrogen) atoms. The number of aromatic nitrogens is 3. The van der Waals surface area contributed by atoms with Crippen LogP contribution >= 0.6 is 0 Å². The lowest BCUT2D eigenvalue weighted by molar-refractivity contribution is 0.540. The maximum atomic E-state index is 13.7. The highest BCUT2D eigenvalue weighted by atomic mass is 19.1. The molecule has 0 N–H and O–H groups in total.